The largest absolute Gasteiger partial charge is 0.497 e. The van der Waals surface area contributed by atoms with E-state index < -0.39 is 9.84 Å². The Morgan fingerprint density at radius 1 is 0.886 bits per heavy atom. The highest BCUT2D eigenvalue weighted by Crippen LogP contribution is 2.26. The second-order valence-electron chi connectivity index (χ2n) is 8.62. The molecule has 35 heavy (non-hydrogen) atoms. The number of benzene rings is 2. The summed E-state index contributed by atoms with van der Waals surface area (Å²) in [5, 5.41) is 4.07. The van der Waals surface area contributed by atoms with Crippen molar-refractivity contribution in [2.24, 2.45) is 0 Å². The Bertz CT molecular complexity index is 1370. The number of hydrogen-bond donors (Lipinski definition) is 0. The molecule has 2 aromatic heterocycles. The number of methoxy groups -OCH3 is 2. The van der Waals surface area contributed by atoms with Crippen molar-refractivity contribution in [1.82, 2.24) is 19.6 Å². The Hall–Kier alpha value is -3.66. The first kappa shape index (κ1) is 24.5. The predicted octanol–water partition coefficient (Wildman–Crippen LogP) is 3.88. The molecule has 0 aliphatic rings. The van der Waals surface area contributed by atoms with Gasteiger partial charge in [-0.1, -0.05) is 38.1 Å². The lowest BCUT2D eigenvalue weighted by Gasteiger charge is -2.26. The van der Waals surface area contributed by atoms with Crippen molar-refractivity contribution in [3.8, 4) is 11.5 Å². The van der Waals surface area contributed by atoms with Crippen LogP contribution in [0.3, 0.4) is 0 Å². The summed E-state index contributed by atoms with van der Waals surface area (Å²) in [6, 6.07) is 17.6. The van der Waals surface area contributed by atoms with Gasteiger partial charge in [-0.05, 0) is 41.3 Å². The maximum atomic E-state index is 12.2. The van der Waals surface area contributed by atoms with Crippen LogP contribution in [0.15, 0.2) is 59.8 Å². The second kappa shape index (κ2) is 9.91. The number of rotatable bonds is 9. The van der Waals surface area contributed by atoms with E-state index in [1.54, 1.807) is 14.2 Å². The zero-order chi connectivity index (χ0) is 25.2. The van der Waals surface area contributed by atoms with Gasteiger partial charge in [0.25, 0.3) is 10.9 Å². The number of ether oxygens (including phenoxy) is 2. The van der Waals surface area contributed by atoms with E-state index in [9.17, 15) is 8.42 Å². The molecular weight excluding hydrogens is 466 g/mol. The zero-order valence-corrected chi connectivity index (χ0v) is 21.3. The van der Waals surface area contributed by atoms with Crippen LogP contribution in [0.5, 0.6) is 11.5 Å². The predicted molar refractivity (Wildman–Crippen MR) is 134 cm³/mol. The first-order chi connectivity index (χ1) is 16.7. The zero-order valence-electron chi connectivity index (χ0n) is 20.5. The van der Waals surface area contributed by atoms with Gasteiger partial charge in [0.2, 0.25) is 9.84 Å². The lowest BCUT2D eigenvalue weighted by molar-refractivity contribution is 0.414. The average Bonchev–Trinajstić information content (AvgIpc) is 3.29. The van der Waals surface area contributed by atoms with Crippen LogP contribution in [-0.2, 0) is 22.9 Å². The summed E-state index contributed by atoms with van der Waals surface area (Å²) in [5.41, 5.74) is 2.91. The van der Waals surface area contributed by atoms with Crippen molar-refractivity contribution in [3.63, 3.8) is 0 Å². The molecular formula is C25H29N5O4S. The van der Waals surface area contributed by atoms with E-state index in [-0.39, 0.29) is 16.9 Å². The van der Waals surface area contributed by atoms with E-state index in [1.807, 2.05) is 68.4 Å². The smallest absolute Gasteiger partial charge is 0.268 e. The Kier molecular flexibility index (Phi) is 6.93. The fourth-order valence-corrected chi connectivity index (χ4v) is 4.13. The highest BCUT2D eigenvalue weighted by molar-refractivity contribution is 7.90. The van der Waals surface area contributed by atoms with Crippen LogP contribution in [0.25, 0.3) is 5.78 Å². The molecule has 2 heterocycles. The van der Waals surface area contributed by atoms with E-state index in [1.165, 1.54) is 4.52 Å². The van der Waals surface area contributed by atoms with Gasteiger partial charge in [-0.25, -0.2) is 13.4 Å². The molecule has 0 amide bonds. The van der Waals surface area contributed by atoms with Crippen molar-refractivity contribution in [2.45, 2.75) is 38.0 Å². The normalized spacial score (nSPS) is 11.7. The van der Waals surface area contributed by atoms with Crippen LogP contribution in [-0.4, -0.2) is 48.5 Å². The molecule has 184 valence electrons. The lowest BCUT2D eigenvalue weighted by Crippen LogP contribution is -2.25. The Morgan fingerprint density at radius 3 is 1.83 bits per heavy atom. The molecule has 0 radical (unpaired) electrons. The molecule has 0 aliphatic heterocycles. The van der Waals surface area contributed by atoms with Gasteiger partial charge in [0, 0.05) is 25.4 Å². The molecule has 0 saturated heterocycles. The van der Waals surface area contributed by atoms with Crippen LogP contribution < -0.4 is 14.4 Å². The summed E-state index contributed by atoms with van der Waals surface area (Å²) < 4.78 is 36.5. The fourth-order valence-electron chi connectivity index (χ4n) is 3.65. The monoisotopic (exact) mass is 495 g/mol. The highest BCUT2D eigenvalue weighted by atomic mass is 32.2. The van der Waals surface area contributed by atoms with Gasteiger partial charge in [-0.3, -0.25) is 0 Å². The molecule has 0 unspecified atom stereocenters. The van der Waals surface area contributed by atoms with Crippen LogP contribution >= 0.6 is 0 Å². The summed E-state index contributed by atoms with van der Waals surface area (Å²) in [5.74, 6) is 2.62. The molecule has 0 N–H and O–H groups in total. The van der Waals surface area contributed by atoms with Crippen LogP contribution in [0.1, 0.15) is 36.6 Å². The molecule has 0 saturated carbocycles. The Morgan fingerprint density at radius 2 is 1.40 bits per heavy atom. The molecule has 0 fully saturated rings. The first-order valence-corrected chi connectivity index (χ1v) is 13.1. The van der Waals surface area contributed by atoms with Gasteiger partial charge in [0.05, 0.1) is 19.9 Å². The molecule has 9 nitrogen and oxygen atoms in total. The number of hydrogen-bond acceptors (Lipinski definition) is 8. The van der Waals surface area contributed by atoms with Gasteiger partial charge in [0.15, 0.2) is 0 Å². The average molecular weight is 496 g/mol. The standard InChI is InChI=1S/C25H29N5O4S/c1-17(2)22-14-23(30-24(26-22)27-25(28-30)35(5,31)32)29(15-18-6-10-20(33-3)11-7-18)16-19-8-12-21(34-4)13-9-19/h6-14,17H,15-16H2,1-5H3. The van der Waals surface area contributed by atoms with Gasteiger partial charge in [-0.2, -0.15) is 9.50 Å². The number of sulfone groups is 1. The van der Waals surface area contributed by atoms with E-state index >= 15 is 0 Å². The minimum Gasteiger partial charge on any atom is -0.497 e. The summed E-state index contributed by atoms with van der Waals surface area (Å²) in [6.07, 6.45) is 1.09. The maximum absolute atomic E-state index is 12.2. The number of fused-ring (bicyclic) bond motifs is 1. The number of anilines is 1. The van der Waals surface area contributed by atoms with Crippen LogP contribution in [0, 0.1) is 0 Å². The Balaban J connectivity index is 1.84. The Labute approximate surface area is 205 Å². The molecule has 0 atom stereocenters. The summed E-state index contributed by atoms with van der Waals surface area (Å²) >= 11 is 0. The third kappa shape index (κ3) is 5.54. The van der Waals surface area contributed by atoms with Gasteiger partial charge in [-0.15, -0.1) is 5.10 Å². The minimum absolute atomic E-state index is 0.112. The lowest BCUT2D eigenvalue weighted by atomic mass is 10.1. The van der Waals surface area contributed by atoms with Gasteiger partial charge >= 0.3 is 0 Å². The highest BCUT2D eigenvalue weighted by Gasteiger charge is 2.22. The third-order valence-corrected chi connectivity index (χ3v) is 6.44. The molecule has 4 rings (SSSR count). The quantitative estimate of drug-likeness (QED) is 0.345. The summed E-state index contributed by atoms with van der Waals surface area (Å²) in [7, 11) is -0.333. The number of nitrogens with zero attached hydrogens (tertiary/aromatic N) is 5. The molecule has 0 bridgehead atoms. The molecule has 2 aromatic carbocycles. The molecule has 0 spiro atoms. The SMILES string of the molecule is COc1ccc(CN(Cc2ccc(OC)cc2)c2cc(C(C)C)nc3nc(S(C)(=O)=O)nn23)cc1. The minimum atomic E-state index is -3.60. The van der Waals surface area contributed by atoms with Crippen LogP contribution in [0.4, 0.5) is 5.82 Å². The van der Waals surface area contributed by atoms with Crippen molar-refractivity contribution < 1.29 is 17.9 Å². The maximum Gasteiger partial charge on any atom is 0.268 e. The molecule has 0 aliphatic carbocycles. The summed E-state index contributed by atoms with van der Waals surface area (Å²) in [6.45, 7) is 5.16. The van der Waals surface area contributed by atoms with E-state index in [4.69, 9.17) is 9.47 Å². The van der Waals surface area contributed by atoms with E-state index in [0.29, 0.717) is 18.9 Å². The number of aromatic nitrogens is 4. The summed E-state index contributed by atoms with van der Waals surface area (Å²) in [4.78, 5) is 10.9. The molecule has 4 aromatic rings. The van der Waals surface area contributed by atoms with Crippen molar-refractivity contribution in [2.75, 3.05) is 25.4 Å². The first-order valence-electron chi connectivity index (χ1n) is 11.2. The molecule has 10 heteroatoms. The van der Waals surface area contributed by atoms with E-state index in [2.05, 4.69) is 20.0 Å². The fraction of sp³-hybridized carbons (Fsp3) is 0.320. The van der Waals surface area contributed by atoms with Gasteiger partial charge in [0.1, 0.15) is 17.3 Å². The topological polar surface area (TPSA) is 98.9 Å². The van der Waals surface area contributed by atoms with Crippen molar-refractivity contribution in [3.05, 3.63) is 71.4 Å². The van der Waals surface area contributed by atoms with Crippen LogP contribution in [0.2, 0.25) is 0 Å². The van der Waals surface area contributed by atoms with Crippen molar-refractivity contribution in [1.29, 1.82) is 0 Å². The third-order valence-electron chi connectivity index (χ3n) is 5.61. The van der Waals surface area contributed by atoms with Gasteiger partial charge < -0.3 is 14.4 Å². The van der Waals surface area contributed by atoms with E-state index in [0.717, 1.165) is 34.6 Å². The second-order valence-corrected chi connectivity index (χ2v) is 10.5. The van der Waals surface area contributed by atoms with Crippen molar-refractivity contribution >= 4 is 21.4 Å².